The van der Waals surface area contributed by atoms with Gasteiger partial charge in [0.05, 0.1) is 25.3 Å². The number of Topliss-reactive ketones (excluding diaryl/α,β-unsaturated/α-hetero) is 1. The first kappa shape index (κ1) is 25.7. The minimum Gasteiger partial charge on any atom is -0.496 e. The van der Waals surface area contributed by atoms with Gasteiger partial charge >= 0.3 is 0 Å². The monoisotopic (exact) mass is 450 g/mol. The van der Waals surface area contributed by atoms with Gasteiger partial charge in [0.25, 0.3) is 0 Å². The van der Waals surface area contributed by atoms with Crippen LogP contribution in [0.4, 0.5) is 0 Å². The summed E-state index contributed by atoms with van der Waals surface area (Å²) in [6.07, 6.45) is 0.652. The number of hydrogen-bond donors (Lipinski definition) is 5. The summed E-state index contributed by atoms with van der Waals surface area (Å²) in [7, 11) is 1.46. The van der Waals surface area contributed by atoms with Crippen LogP contribution in [0.2, 0.25) is 0 Å². The molecular formula is C20H27ClN6O4. The minimum absolute atomic E-state index is 0. The number of nitrogens with two attached hydrogens (primary N) is 4. The van der Waals surface area contributed by atoms with Gasteiger partial charge in [-0.3, -0.25) is 19.4 Å². The molecule has 0 radical (unpaired) electrons. The van der Waals surface area contributed by atoms with Crippen LogP contribution in [0.15, 0.2) is 35.3 Å². The number of ether oxygens (including phenoxy) is 1. The van der Waals surface area contributed by atoms with Crippen LogP contribution < -0.4 is 33.0 Å². The van der Waals surface area contributed by atoms with E-state index in [1.54, 1.807) is 24.3 Å². The average molecular weight is 451 g/mol. The molecule has 2 aromatic carbocycles. The number of rotatable bonds is 10. The Morgan fingerprint density at radius 2 is 1.77 bits per heavy atom. The largest absolute Gasteiger partial charge is 0.496 e. The van der Waals surface area contributed by atoms with Gasteiger partial charge in [0.2, 0.25) is 11.8 Å². The number of nitrogens with zero attached hydrogens (tertiary/aromatic N) is 1. The molecule has 168 valence electrons. The van der Waals surface area contributed by atoms with Crippen LogP contribution >= 0.6 is 12.4 Å². The number of carbonyl (C=O) groups is 3. The number of aliphatic imine (C=N–C) groups is 1. The molecule has 0 bridgehead atoms. The molecule has 2 rings (SSSR count). The quantitative estimate of drug-likeness (QED) is 0.146. The lowest BCUT2D eigenvalue weighted by Gasteiger charge is -2.20. The van der Waals surface area contributed by atoms with E-state index in [1.165, 1.54) is 13.2 Å². The van der Waals surface area contributed by atoms with Crippen LogP contribution in [0, 0.1) is 0 Å². The van der Waals surface area contributed by atoms with Crippen LogP contribution in [-0.4, -0.2) is 49.8 Å². The van der Waals surface area contributed by atoms with Gasteiger partial charge in [0.15, 0.2) is 11.7 Å². The highest BCUT2D eigenvalue weighted by Crippen LogP contribution is 2.32. The highest BCUT2D eigenvalue weighted by Gasteiger charge is 2.28. The number of benzene rings is 2. The second-order valence-electron chi connectivity index (χ2n) is 6.55. The Morgan fingerprint density at radius 3 is 2.32 bits per heavy atom. The van der Waals surface area contributed by atoms with Crippen molar-refractivity contribution in [3.8, 4) is 5.75 Å². The van der Waals surface area contributed by atoms with Crippen molar-refractivity contribution >= 4 is 46.7 Å². The first-order valence-electron chi connectivity index (χ1n) is 9.28. The number of methoxy groups -OCH3 is 1. The lowest BCUT2D eigenvalue weighted by Crippen LogP contribution is -2.44. The fraction of sp³-hybridized carbons (Fsp3) is 0.300. The van der Waals surface area contributed by atoms with E-state index in [-0.39, 0.29) is 49.0 Å². The predicted octanol–water partition coefficient (Wildman–Crippen LogP) is 0.0489. The molecule has 10 nitrogen and oxygen atoms in total. The van der Waals surface area contributed by atoms with E-state index in [0.29, 0.717) is 22.9 Å². The summed E-state index contributed by atoms with van der Waals surface area (Å²) in [5.74, 6) is -1.41. The molecular weight excluding hydrogens is 424 g/mol. The molecule has 0 saturated heterocycles. The molecule has 0 fully saturated rings. The van der Waals surface area contributed by atoms with Gasteiger partial charge in [-0.05, 0) is 24.3 Å². The molecule has 2 amide bonds. The van der Waals surface area contributed by atoms with Crippen LogP contribution in [0.1, 0.15) is 33.6 Å². The third-order valence-electron chi connectivity index (χ3n) is 4.52. The van der Waals surface area contributed by atoms with Crippen LogP contribution in [0.5, 0.6) is 5.75 Å². The van der Waals surface area contributed by atoms with E-state index >= 15 is 0 Å². The topological polar surface area (TPSA) is 189 Å². The number of nitrogens with one attached hydrogen (secondary N) is 1. The van der Waals surface area contributed by atoms with Crippen molar-refractivity contribution in [3.05, 3.63) is 41.5 Å². The number of amides is 2. The molecule has 31 heavy (non-hydrogen) atoms. The van der Waals surface area contributed by atoms with E-state index in [4.69, 9.17) is 27.7 Å². The molecule has 11 heteroatoms. The second kappa shape index (κ2) is 11.7. The highest BCUT2D eigenvalue weighted by molar-refractivity contribution is 6.19. The lowest BCUT2D eigenvalue weighted by molar-refractivity contribution is -0.120. The Hall–Kier alpha value is -3.37. The second-order valence-corrected chi connectivity index (χ2v) is 6.55. The minimum atomic E-state index is -0.940. The average Bonchev–Trinajstić information content (AvgIpc) is 2.73. The summed E-state index contributed by atoms with van der Waals surface area (Å²) in [6, 6.07) is 7.46. The van der Waals surface area contributed by atoms with Crippen molar-refractivity contribution in [1.29, 1.82) is 0 Å². The van der Waals surface area contributed by atoms with Crippen molar-refractivity contribution in [1.82, 2.24) is 5.32 Å². The molecule has 0 aromatic heterocycles. The highest BCUT2D eigenvalue weighted by atomic mass is 35.5. The summed E-state index contributed by atoms with van der Waals surface area (Å²) in [5, 5.41) is 3.73. The number of guanidine groups is 1. The van der Waals surface area contributed by atoms with Crippen molar-refractivity contribution < 1.29 is 19.1 Å². The number of ketones is 1. The summed E-state index contributed by atoms with van der Waals surface area (Å²) < 4.78 is 5.35. The number of primary amides is 1. The van der Waals surface area contributed by atoms with Crippen molar-refractivity contribution in [3.63, 3.8) is 0 Å². The Labute approximate surface area is 185 Å². The van der Waals surface area contributed by atoms with Gasteiger partial charge in [-0.2, -0.15) is 0 Å². The predicted molar refractivity (Wildman–Crippen MR) is 121 cm³/mol. The van der Waals surface area contributed by atoms with Crippen molar-refractivity contribution in [2.75, 3.05) is 20.2 Å². The fourth-order valence-electron chi connectivity index (χ4n) is 3.17. The summed E-state index contributed by atoms with van der Waals surface area (Å²) in [4.78, 5) is 41.4. The maximum absolute atomic E-state index is 13.5. The molecule has 0 saturated carbocycles. The summed E-state index contributed by atoms with van der Waals surface area (Å²) in [6.45, 7) is -0.0135. The van der Waals surface area contributed by atoms with E-state index in [9.17, 15) is 14.4 Å². The number of hydrogen-bond acceptors (Lipinski definition) is 6. The van der Waals surface area contributed by atoms with E-state index in [0.717, 1.165) is 0 Å². The summed E-state index contributed by atoms with van der Waals surface area (Å²) in [5.41, 5.74) is 21.7. The normalized spacial score (nSPS) is 11.2. The Balaban J connectivity index is 0.00000480. The summed E-state index contributed by atoms with van der Waals surface area (Å²) >= 11 is 0. The van der Waals surface area contributed by atoms with Gasteiger partial charge in [0.1, 0.15) is 5.75 Å². The van der Waals surface area contributed by atoms with Gasteiger partial charge in [-0.25, -0.2) is 0 Å². The third-order valence-corrected chi connectivity index (χ3v) is 4.52. The molecule has 0 aliphatic carbocycles. The Bertz CT molecular complexity index is 991. The number of carbonyl (C=O) groups excluding carboxylic acids is 3. The van der Waals surface area contributed by atoms with E-state index in [1.807, 2.05) is 0 Å². The zero-order chi connectivity index (χ0) is 22.3. The number of fused-ring (bicyclic) bond motifs is 1. The molecule has 0 aliphatic heterocycles. The van der Waals surface area contributed by atoms with Crippen LogP contribution in [-0.2, 0) is 4.79 Å². The Morgan fingerprint density at radius 1 is 1.13 bits per heavy atom. The van der Waals surface area contributed by atoms with Crippen molar-refractivity contribution in [2.45, 2.75) is 18.9 Å². The molecule has 0 spiro atoms. The third kappa shape index (κ3) is 6.30. The van der Waals surface area contributed by atoms with Gasteiger partial charge < -0.3 is 33.0 Å². The first-order chi connectivity index (χ1) is 14.3. The molecule has 2 aromatic rings. The zero-order valence-corrected chi connectivity index (χ0v) is 17.9. The zero-order valence-electron chi connectivity index (χ0n) is 17.1. The fourth-order valence-corrected chi connectivity index (χ4v) is 3.17. The van der Waals surface area contributed by atoms with Crippen LogP contribution in [0.3, 0.4) is 0 Å². The van der Waals surface area contributed by atoms with Gasteiger partial charge in [0, 0.05) is 17.5 Å². The van der Waals surface area contributed by atoms with Crippen LogP contribution in [0.25, 0.3) is 10.8 Å². The molecule has 0 heterocycles. The number of halogens is 1. The molecule has 0 unspecified atom stereocenters. The van der Waals surface area contributed by atoms with E-state index in [2.05, 4.69) is 10.3 Å². The standard InChI is InChI=1S/C20H26N6O4.ClH/c1-30-15-9-13(19(22)29)17(12-6-3-2-5-11(12)15)18(28)14(26-16(27)10-21)7-4-8-25-20(23)24;/h2-3,5-6,9,14H,4,7-8,10,21H2,1H3,(H2,22,29)(H,26,27)(H4,23,24,25);1H/t14-;/m0./s1. The van der Waals surface area contributed by atoms with E-state index < -0.39 is 23.6 Å². The molecule has 1 atom stereocenters. The smallest absolute Gasteiger partial charge is 0.249 e. The molecule has 0 aliphatic rings. The lowest BCUT2D eigenvalue weighted by atomic mass is 9.90. The van der Waals surface area contributed by atoms with Gasteiger partial charge in [-0.15, -0.1) is 12.4 Å². The SMILES string of the molecule is COc1cc(C(N)=O)c(C(=O)[C@H](CCCN=C(N)N)NC(=O)CN)c2ccccc12.Cl. The molecule has 9 N–H and O–H groups in total. The van der Waals surface area contributed by atoms with Crippen molar-refractivity contribution in [2.24, 2.45) is 27.9 Å². The van der Waals surface area contributed by atoms with Gasteiger partial charge in [-0.1, -0.05) is 24.3 Å². The Kier molecular flexibility index (Phi) is 9.71. The maximum atomic E-state index is 13.5. The maximum Gasteiger partial charge on any atom is 0.249 e. The first-order valence-corrected chi connectivity index (χ1v) is 9.28.